The van der Waals surface area contributed by atoms with E-state index in [1.165, 1.54) is 21.6 Å². The molecule has 0 saturated carbocycles. The highest BCUT2D eigenvalue weighted by atomic mass is 16.2. The number of Topliss-reactive ketones (excluding diaryl/α,β-unsaturated/α-hetero) is 3. The van der Waals surface area contributed by atoms with Gasteiger partial charge in [0.05, 0.1) is 59.5 Å². The number of nitrogens with zero attached hydrogens (tertiary/aromatic N) is 4. The van der Waals surface area contributed by atoms with Crippen molar-refractivity contribution in [2.75, 3.05) is 14.7 Å². The summed E-state index contributed by atoms with van der Waals surface area (Å²) < 4.78 is 0. The first-order chi connectivity index (χ1) is 25.8. The van der Waals surface area contributed by atoms with Gasteiger partial charge < -0.3 is 14.7 Å². The maximum Gasteiger partial charge on any atom is 0.299 e. The minimum absolute atomic E-state index is 0.0995. The minimum atomic E-state index is -0.614. The van der Waals surface area contributed by atoms with Gasteiger partial charge in [-0.3, -0.25) is 28.8 Å². The SMILES string of the molecule is CC#N.CCc1c(CN2C(=O)C(=O)c3cc(C)ccc32)c(CC)c(CN2C(=O)C(=O)c3cc(C)ccc32)c(CC)c1CN1C(=O)C(=O)c2cc(C)ccc21. The molecule has 4 aromatic carbocycles. The van der Waals surface area contributed by atoms with Gasteiger partial charge in [0.2, 0.25) is 0 Å². The molecule has 3 aliphatic heterocycles. The van der Waals surface area contributed by atoms with Crippen LogP contribution in [0.25, 0.3) is 0 Å². The van der Waals surface area contributed by atoms with E-state index in [1.54, 1.807) is 42.5 Å². The second-order valence-corrected chi connectivity index (χ2v) is 13.9. The first kappa shape index (κ1) is 37.5. The van der Waals surface area contributed by atoms with Crippen molar-refractivity contribution in [2.24, 2.45) is 0 Å². The largest absolute Gasteiger partial charge is 0.300 e. The average Bonchev–Trinajstić information content (AvgIpc) is 3.63. The van der Waals surface area contributed by atoms with Gasteiger partial charge in [-0.15, -0.1) is 0 Å². The molecule has 274 valence electrons. The molecule has 3 aliphatic rings. The number of fused-ring (bicyclic) bond motifs is 3. The van der Waals surface area contributed by atoms with Crippen LogP contribution in [0, 0.1) is 32.1 Å². The summed E-state index contributed by atoms with van der Waals surface area (Å²) >= 11 is 0. The van der Waals surface area contributed by atoms with Crippen LogP contribution in [0.4, 0.5) is 17.1 Å². The highest BCUT2D eigenvalue weighted by Gasteiger charge is 2.41. The lowest BCUT2D eigenvalue weighted by Gasteiger charge is -2.31. The molecule has 0 aromatic heterocycles. The molecule has 10 heteroatoms. The monoisotopic (exact) mass is 722 g/mol. The van der Waals surface area contributed by atoms with Gasteiger partial charge in [-0.05, 0) is 110 Å². The highest BCUT2D eigenvalue weighted by Crippen LogP contribution is 2.40. The van der Waals surface area contributed by atoms with Crippen LogP contribution in [0.1, 0.15) is 109 Å². The summed E-state index contributed by atoms with van der Waals surface area (Å²) in [6.07, 6.45) is 1.63. The number of carbonyl (C=O) groups excluding carboxylic acids is 6. The molecule has 0 spiro atoms. The molecular formula is C44H42N4O6. The summed E-state index contributed by atoms with van der Waals surface area (Å²) in [5, 5.41) is 7.32. The van der Waals surface area contributed by atoms with Crippen molar-refractivity contribution < 1.29 is 28.8 Å². The zero-order valence-electron chi connectivity index (χ0n) is 31.7. The lowest BCUT2D eigenvalue weighted by atomic mass is 9.82. The Morgan fingerprint density at radius 3 is 0.926 bits per heavy atom. The number of ketones is 3. The molecule has 0 bridgehead atoms. The molecule has 0 saturated heterocycles. The van der Waals surface area contributed by atoms with Crippen LogP contribution in [0.2, 0.25) is 0 Å². The molecule has 10 nitrogen and oxygen atoms in total. The van der Waals surface area contributed by atoms with Gasteiger partial charge in [0, 0.05) is 6.92 Å². The van der Waals surface area contributed by atoms with E-state index < -0.39 is 35.1 Å². The standard InChI is InChI=1S/C42H39N3O6.C2H3N/c1-7-25-31(19-43-34-13-10-22(4)16-28(34)37(46)40(43)49)26(8-2)33(21-45-36-15-12-24(6)18-30(36)39(48)42(45)51)27(9-3)32(25)20-44-35-14-11-23(5)17-29(35)38(47)41(44)50;1-2-3/h10-18H,7-9,19-21H2,1-6H3;1H3. The normalized spacial score (nSPS) is 14.4. The van der Waals surface area contributed by atoms with Crippen molar-refractivity contribution in [3.05, 3.63) is 121 Å². The quantitative estimate of drug-likeness (QED) is 0.170. The third-order valence-corrected chi connectivity index (χ3v) is 10.6. The zero-order chi connectivity index (χ0) is 39.2. The Morgan fingerprint density at radius 1 is 0.463 bits per heavy atom. The minimum Gasteiger partial charge on any atom is -0.300 e. The second kappa shape index (κ2) is 14.7. The van der Waals surface area contributed by atoms with Crippen molar-refractivity contribution in [3.8, 4) is 6.07 Å². The lowest BCUT2D eigenvalue weighted by Crippen LogP contribution is -2.34. The van der Waals surface area contributed by atoms with Crippen LogP contribution in [-0.4, -0.2) is 35.1 Å². The first-order valence-electron chi connectivity index (χ1n) is 18.2. The fraction of sp³-hybridized carbons (Fsp3) is 0.295. The Hall–Kier alpha value is -6.21. The number of benzene rings is 4. The summed E-state index contributed by atoms with van der Waals surface area (Å²) in [4.78, 5) is 85.1. The Morgan fingerprint density at radius 2 is 0.704 bits per heavy atom. The predicted octanol–water partition coefficient (Wildman–Crippen LogP) is 7.02. The predicted molar refractivity (Wildman–Crippen MR) is 206 cm³/mol. The van der Waals surface area contributed by atoms with Crippen molar-refractivity contribution in [3.63, 3.8) is 0 Å². The summed E-state index contributed by atoms with van der Waals surface area (Å²) in [5.41, 5.74) is 10.6. The number of hydrogen-bond acceptors (Lipinski definition) is 7. The molecule has 0 atom stereocenters. The molecule has 3 heterocycles. The van der Waals surface area contributed by atoms with E-state index in [9.17, 15) is 28.8 Å². The fourth-order valence-electron chi connectivity index (χ4n) is 8.13. The van der Waals surface area contributed by atoms with Gasteiger partial charge in [-0.25, -0.2) is 0 Å². The van der Waals surface area contributed by atoms with Crippen LogP contribution in [0.15, 0.2) is 54.6 Å². The molecule has 0 aliphatic carbocycles. The van der Waals surface area contributed by atoms with Crippen LogP contribution < -0.4 is 14.7 Å². The maximum atomic E-state index is 13.6. The van der Waals surface area contributed by atoms with E-state index in [1.807, 2.05) is 59.7 Å². The van der Waals surface area contributed by atoms with Crippen LogP contribution >= 0.6 is 0 Å². The van der Waals surface area contributed by atoms with Gasteiger partial charge in [0.25, 0.3) is 35.1 Å². The van der Waals surface area contributed by atoms with Gasteiger partial charge in [0.1, 0.15) is 0 Å². The zero-order valence-corrected chi connectivity index (χ0v) is 31.7. The lowest BCUT2D eigenvalue weighted by molar-refractivity contribution is -0.115. The van der Waals surface area contributed by atoms with E-state index in [4.69, 9.17) is 5.26 Å². The molecule has 0 N–H and O–H groups in total. The van der Waals surface area contributed by atoms with Gasteiger partial charge in [-0.2, -0.15) is 5.26 Å². The highest BCUT2D eigenvalue weighted by molar-refractivity contribution is 6.53. The van der Waals surface area contributed by atoms with E-state index >= 15 is 0 Å². The number of nitriles is 1. The fourth-order valence-corrected chi connectivity index (χ4v) is 8.13. The molecular weight excluding hydrogens is 681 g/mol. The van der Waals surface area contributed by atoms with Crippen LogP contribution in [0.5, 0.6) is 0 Å². The average molecular weight is 723 g/mol. The number of carbonyl (C=O) groups is 6. The van der Waals surface area contributed by atoms with Crippen LogP contribution in [-0.2, 0) is 53.3 Å². The molecule has 0 fully saturated rings. The Balaban J connectivity index is 0.00000160. The number of amides is 3. The Labute approximate surface area is 315 Å². The van der Waals surface area contributed by atoms with Crippen molar-refractivity contribution in [2.45, 2.75) is 87.4 Å². The number of aryl methyl sites for hydroxylation is 3. The topological polar surface area (TPSA) is 136 Å². The molecule has 7 rings (SSSR count). The molecule has 3 amide bonds. The van der Waals surface area contributed by atoms with E-state index in [-0.39, 0.29) is 19.6 Å². The summed E-state index contributed by atoms with van der Waals surface area (Å²) in [5.74, 6) is -3.52. The smallest absolute Gasteiger partial charge is 0.299 e. The van der Waals surface area contributed by atoms with Gasteiger partial charge in [-0.1, -0.05) is 55.7 Å². The van der Waals surface area contributed by atoms with Crippen molar-refractivity contribution in [1.29, 1.82) is 5.26 Å². The Kier molecular flexibility index (Phi) is 10.2. The summed E-state index contributed by atoms with van der Waals surface area (Å²) in [6.45, 7) is 13.4. The first-order valence-corrected chi connectivity index (χ1v) is 18.2. The molecule has 54 heavy (non-hydrogen) atoms. The van der Waals surface area contributed by atoms with Crippen molar-refractivity contribution >= 4 is 52.1 Å². The second-order valence-electron chi connectivity index (χ2n) is 13.9. The number of anilines is 3. The van der Waals surface area contributed by atoms with Crippen LogP contribution in [0.3, 0.4) is 0 Å². The van der Waals surface area contributed by atoms with E-state index in [2.05, 4.69) is 0 Å². The summed E-state index contributed by atoms with van der Waals surface area (Å²) in [6, 6.07) is 18.0. The third kappa shape index (κ3) is 6.09. The van der Waals surface area contributed by atoms with E-state index in [0.717, 1.165) is 50.1 Å². The van der Waals surface area contributed by atoms with Gasteiger partial charge >= 0.3 is 0 Å². The maximum absolute atomic E-state index is 13.6. The van der Waals surface area contributed by atoms with E-state index in [0.29, 0.717) is 53.0 Å². The van der Waals surface area contributed by atoms with Gasteiger partial charge in [0.15, 0.2) is 0 Å². The molecule has 0 radical (unpaired) electrons. The molecule has 0 unspecified atom stereocenters. The van der Waals surface area contributed by atoms with Crippen molar-refractivity contribution in [1.82, 2.24) is 0 Å². The summed E-state index contributed by atoms with van der Waals surface area (Å²) in [7, 11) is 0. The number of hydrogen-bond donors (Lipinski definition) is 0. The number of rotatable bonds is 9. The molecule has 4 aromatic rings. The third-order valence-electron chi connectivity index (χ3n) is 10.6. The Bertz CT molecular complexity index is 2100.